The molecule has 6 nitrogen and oxygen atoms in total. The van der Waals surface area contributed by atoms with Gasteiger partial charge in [0.05, 0.1) is 0 Å². The highest BCUT2D eigenvalue weighted by molar-refractivity contribution is 5.95. The van der Waals surface area contributed by atoms with Gasteiger partial charge in [0, 0.05) is 30.3 Å². The number of carbonyl (C=O) groups is 2. The van der Waals surface area contributed by atoms with Crippen LogP contribution in [-0.2, 0) is 11.2 Å². The van der Waals surface area contributed by atoms with E-state index in [0.29, 0.717) is 17.9 Å². The van der Waals surface area contributed by atoms with E-state index in [2.05, 4.69) is 15.6 Å². The van der Waals surface area contributed by atoms with E-state index in [9.17, 15) is 9.59 Å². The van der Waals surface area contributed by atoms with E-state index in [0.717, 1.165) is 18.5 Å². The molecule has 0 aromatic carbocycles. The summed E-state index contributed by atoms with van der Waals surface area (Å²) < 4.78 is 0. The fraction of sp³-hybridized carbons (Fsp3) is 0.533. The fourth-order valence-electron chi connectivity index (χ4n) is 1.91. The second kappa shape index (κ2) is 8.24. The van der Waals surface area contributed by atoms with Gasteiger partial charge < -0.3 is 16.4 Å². The number of hydrogen-bond acceptors (Lipinski definition) is 4. The van der Waals surface area contributed by atoms with Crippen molar-refractivity contribution in [3.63, 3.8) is 0 Å². The standard InChI is InChI=1S/C15H24N4O2/c1-4-5-12-8-11(9-13(16)19-12)15(21)17-7-6-14(20)18-10(2)3/h8-10H,4-7H2,1-3H3,(H2,16,19)(H,17,21)(H,18,20). The van der Waals surface area contributed by atoms with Crippen molar-refractivity contribution in [1.29, 1.82) is 0 Å². The van der Waals surface area contributed by atoms with E-state index in [1.165, 1.54) is 0 Å². The predicted molar refractivity (Wildman–Crippen MR) is 82.9 cm³/mol. The molecule has 0 spiro atoms. The van der Waals surface area contributed by atoms with Crippen molar-refractivity contribution in [2.45, 2.75) is 46.1 Å². The number of nitrogen functional groups attached to an aromatic ring is 1. The molecule has 0 saturated heterocycles. The highest BCUT2D eigenvalue weighted by Crippen LogP contribution is 2.09. The Kier molecular flexibility index (Phi) is 6.65. The van der Waals surface area contributed by atoms with Gasteiger partial charge in [-0.15, -0.1) is 0 Å². The Morgan fingerprint density at radius 2 is 2.05 bits per heavy atom. The largest absolute Gasteiger partial charge is 0.384 e. The lowest BCUT2D eigenvalue weighted by Crippen LogP contribution is -2.34. The molecule has 21 heavy (non-hydrogen) atoms. The van der Waals surface area contributed by atoms with Crippen LogP contribution in [0.4, 0.5) is 5.82 Å². The number of anilines is 1. The number of nitrogens with zero attached hydrogens (tertiary/aromatic N) is 1. The lowest BCUT2D eigenvalue weighted by molar-refractivity contribution is -0.121. The van der Waals surface area contributed by atoms with Gasteiger partial charge in [0.2, 0.25) is 5.91 Å². The topological polar surface area (TPSA) is 97.1 Å². The number of nitrogens with two attached hydrogens (primary N) is 1. The number of amides is 2. The molecule has 116 valence electrons. The second-order valence-corrected chi connectivity index (χ2v) is 5.25. The van der Waals surface area contributed by atoms with Crippen molar-refractivity contribution in [2.24, 2.45) is 0 Å². The van der Waals surface area contributed by atoms with Crippen molar-refractivity contribution in [3.8, 4) is 0 Å². The number of hydrogen-bond donors (Lipinski definition) is 3. The summed E-state index contributed by atoms with van der Waals surface area (Å²) in [6.45, 7) is 6.12. The summed E-state index contributed by atoms with van der Waals surface area (Å²) in [7, 11) is 0. The summed E-state index contributed by atoms with van der Waals surface area (Å²) in [6.07, 6.45) is 1.97. The maximum absolute atomic E-state index is 12.0. The molecule has 1 rings (SSSR count). The molecular formula is C15H24N4O2. The summed E-state index contributed by atoms with van der Waals surface area (Å²) >= 11 is 0. The van der Waals surface area contributed by atoms with Crippen LogP contribution in [0, 0.1) is 0 Å². The zero-order valence-electron chi connectivity index (χ0n) is 12.9. The summed E-state index contributed by atoms with van der Waals surface area (Å²) in [4.78, 5) is 27.7. The maximum atomic E-state index is 12.0. The highest BCUT2D eigenvalue weighted by atomic mass is 16.2. The van der Waals surface area contributed by atoms with Crippen molar-refractivity contribution in [3.05, 3.63) is 23.4 Å². The molecule has 4 N–H and O–H groups in total. The number of pyridine rings is 1. The first kappa shape index (κ1) is 16.9. The molecule has 0 aliphatic carbocycles. The second-order valence-electron chi connectivity index (χ2n) is 5.25. The number of aromatic nitrogens is 1. The Bertz CT molecular complexity index is 500. The van der Waals surface area contributed by atoms with Crippen LogP contribution in [0.5, 0.6) is 0 Å². The van der Waals surface area contributed by atoms with Gasteiger partial charge in [0.1, 0.15) is 5.82 Å². The maximum Gasteiger partial charge on any atom is 0.251 e. The number of nitrogens with one attached hydrogen (secondary N) is 2. The van der Waals surface area contributed by atoms with E-state index < -0.39 is 0 Å². The minimum Gasteiger partial charge on any atom is -0.384 e. The molecule has 0 bridgehead atoms. The average molecular weight is 292 g/mol. The van der Waals surface area contributed by atoms with Gasteiger partial charge in [-0.1, -0.05) is 13.3 Å². The van der Waals surface area contributed by atoms with Crippen LogP contribution in [0.1, 0.15) is 49.7 Å². The first-order valence-electron chi connectivity index (χ1n) is 7.26. The molecule has 2 amide bonds. The average Bonchev–Trinajstić information content (AvgIpc) is 2.37. The quantitative estimate of drug-likeness (QED) is 0.704. The smallest absolute Gasteiger partial charge is 0.251 e. The monoisotopic (exact) mass is 292 g/mol. The molecular weight excluding hydrogens is 268 g/mol. The summed E-state index contributed by atoms with van der Waals surface area (Å²) in [5.74, 6) is 0.0219. The van der Waals surface area contributed by atoms with Gasteiger partial charge in [0.15, 0.2) is 0 Å². The Labute approximate surface area is 125 Å². The third kappa shape index (κ3) is 6.25. The van der Waals surface area contributed by atoms with Gasteiger partial charge in [-0.3, -0.25) is 9.59 Å². The van der Waals surface area contributed by atoms with Gasteiger partial charge >= 0.3 is 0 Å². The van der Waals surface area contributed by atoms with Crippen molar-refractivity contribution < 1.29 is 9.59 Å². The first-order valence-corrected chi connectivity index (χ1v) is 7.26. The van der Waals surface area contributed by atoms with E-state index in [-0.39, 0.29) is 24.3 Å². The minimum atomic E-state index is -0.237. The highest BCUT2D eigenvalue weighted by Gasteiger charge is 2.10. The van der Waals surface area contributed by atoms with Crippen LogP contribution in [0.3, 0.4) is 0 Å². The predicted octanol–water partition coefficient (Wildman–Crippen LogP) is 1.26. The van der Waals surface area contributed by atoms with Crippen LogP contribution < -0.4 is 16.4 Å². The Hall–Kier alpha value is -2.11. The van der Waals surface area contributed by atoms with Crippen molar-refractivity contribution in [2.75, 3.05) is 12.3 Å². The minimum absolute atomic E-state index is 0.0776. The number of carbonyl (C=O) groups excluding carboxylic acids is 2. The third-order valence-electron chi connectivity index (χ3n) is 2.75. The molecule has 0 aliphatic rings. The zero-order chi connectivity index (χ0) is 15.8. The van der Waals surface area contributed by atoms with E-state index in [1.54, 1.807) is 12.1 Å². The van der Waals surface area contributed by atoms with Gasteiger partial charge in [-0.05, 0) is 32.4 Å². The van der Waals surface area contributed by atoms with E-state index >= 15 is 0 Å². The lowest BCUT2D eigenvalue weighted by atomic mass is 10.1. The number of aryl methyl sites for hydroxylation is 1. The molecule has 0 radical (unpaired) electrons. The molecule has 1 aromatic rings. The molecule has 0 atom stereocenters. The molecule has 6 heteroatoms. The lowest BCUT2D eigenvalue weighted by Gasteiger charge is -2.10. The van der Waals surface area contributed by atoms with E-state index in [1.807, 2.05) is 20.8 Å². The zero-order valence-corrected chi connectivity index (χ0v) is 12.9. The van der Waals surface area contributed by atoms with Gasteiger partial charge in [0.25, 0.3) is 5.91 Å². The third-order valence-corrected chi connectivity index (χ3v) is 2.75. The molecule has 1 heterocycles. The van der Waals surface area contributed by atoms with Gasteiger partial charge in [-0.25, -0.2) is 4.98 Å². The Balaban J connectivity index is 2.54. The summed E-state index contributed by atoms with van der Waals surface area (Å²) in [5, 5.41) is 5.49. The summed E-state index contributed by atoms with van der Waals surface area (Å²) in [6, 6.07) is 3.39. The van der Waals surface area contributed by atoms with Crippen molar-refractivity contribution >= 4 is 17.6 Å². The molecule has 0 saturated carbocycles. The van der Waals surface area contributed by atoms with E-state index in [4.69, 9.17) is 5.73 Å². The van der Waals surface area contributed by atoms with Crippen LogP contribution in [-0.4, -0.2) is 29.4 Å². The molecule has 1 aromatic heterocycles. The fourth-order valence-corrected chi connectivity index (χ4v) is 1.91. The van der Waals surface area contributed by atoms with Crippen LogP contribution >= 0.6 is 0 Å². The van der Waals surface area contributed by atoms with Crippen LogP contribution in [0.25, 0.3) is 0 Å². The molecule has 0 unspecified atom stereocenters. The van der Waals surface area contributed by atoms with Gasteiger partial charge in [-0.2, -0.15) is 0 Å². The summed E-state index contributed by atoms with van der Waals surface area (Å²) in [5.41, 5.74) is 6.99. The SMILES string of the molecule is CCCc1cc(C(=O)NCCC(=O)NC(C)C)cc(N)n1. The number of rotatable bonds is 7. The molecule has 0 fully saturated rings. The normalized spacial score (nSPS) is 10.5. The van der Waals surface area contributed by atoms with Crippen LogP contribution in [0.2, 0.25) is 0 Å². The van der Waals surface area contributed by atoms with Crippen LogP contribution in [0.15, 0.2) is 12.1 Å². The van der Waals surface area contributed by atoms with Crippen molar-refractivity contribution in [1.82, 2.24) is 15.6 Å². The molecule has 0 aliphatic heterocycles. The Morgan fingerprint density at radius 3 is 2.67 bits per heavy atom. The Morgan fingerprint density at radius 1 is 1.33 bits per heavy atom. The first-order chi connectivity index (χ1) is 9.92.